The first-order valence-corrected chi connectivity index (χ1v) is 8.68. The minimum absolute atomic E-state index is 0.294. The van der Waals surface area contributed by atoms with Crippen LogP contribution in [0.1, 0.15) is 10.4 Å². The van der Waals surface area contributed by atoms with Crippen molar-refractivity contribution in [2.75, 3.05) is 21.6 Å². The Kier molecular flexibility index (Phi) is 5.05. The molecule has 0 aromatic heterocycles. The zero-order valence-electron chi connectivity index (χ0n) is 12.7. The van der Waals surface area contributed by atoms with Crippen molar-refractivity contribution >= 4 is 39.0 Å². The maximum atomic E-state index is 12.2. The van der Waals surface area contributed by atoms with Gasteiger partial charge in [0.2, 0.25) is 10.0 Å². The van der Waals surface area contributed by atoms with E-state index in [0.29, 0.717) is 22.6 Å². The van der Waals surface area contributed by atoms with Crippen molar-refractivity contribution < 1.29 is 18.0 Å². The lowest BCUT2D eigenvalue weighted by atomic mass is 10.2. The van der Waals surface area contributed by atoms with E-state index in [0.717, 1.165) is 6.26 Å². The molecule has 0 bridgehead atoms. The van der Waals surface area contributed by atoms with E-state index in [1.807, 2.05) is 0 Å². The van der Waals surface area contributed by atoms with Gasteiger partial charge in [0.05, 0.1) is 6.26 Å². The maximum absolute atomic E-state index is 12.2. The molecule has 0 aliphatic carbocycles. The summed E-state index contributed by atoms with van der Waals surface area (Å²) in [4.78, 5) is 23.0. The summed E-state index contributed by atoms with van der Waals surface area (Å²) in [6.07, 6.45) is 1.03. The smallest absolute Gasteiger partial charge is 0.316 e. The first kappa shape index (κ1) is 17.3. The molecule has 0 atom stereocenters. The molecule has 0 fully saturated rings. The molecule has 0 radical (unpaired) electrons. The third-order valence-electron chi connectivity index (χ3n) is 2.84. The summed E-state index contributed by atoms with van der Waals surface area (Å²) in [5.74, 6) is -0.400. The highest BCUT2D eigenvalue weighted by molar-refractivity contribution is 7.92. The van der Waals surface area contributed by atoms with Crippen molar-refractivity contribution in [2.45, 2.75) is 0 Å². The van der Waals surface area contributed by atoms with Gasteiger partial charge < -0.3 is 16.4 Å². The van der Waals surface area contributed by atoms with Gasteiger partial charge in [0.25, 0.3) is 5.91 Å². The van der Waals surface area contributed by atoms with Gasteiger partial charge >= 0.3 is 6.03 Å². The molecule has 2 aromatic rings. The zero-order chi connectivity index (χ0) is 17.7. The molecule has 3 amide bonds. The quantitative estimate of drug-likeness (QED) is 0.656. The Morgan fingerprint density at radius 2 is 1.50 bits per heavy atom. The number of rotatable bonds is 5. The topological polar surface area (TPSA) is 130 Å². The molecule has 0 saturated carbocycles. The van der Waals surface area contributed by atoms with Crippen molar-refractivity contribution in [1.82, 2.24) is 0 Å². The predicted octanol–water partition coefficient (Wildman–Crippen LogP) is 1.80. The molecule has 2 aromatic carbocycles. The van der Waals surface area contributed by atoms with Crippen molar-refractivity contribution in [3.8, 4) is 0 Å². The summed E-state index contributed by atoms with van der Waals surface area (Å²) < 4.78 is 24.8. The number of carbonyl (C=O) groups excluding carboxylic acids is 2. The number of hydrogen-bond donors (Lipinski definition) is 4. The summed E-state index contributed by atoms with van der Waals surface area (Å²) in [5.41, 5.74) is 6.61. The molecular weight excluding hydrogens is 332 g/mol. The van der Waals surface area contributed by atoms with Crippen LogP contribution < -0.4 is 21.1 Å². The van der Waals surface area contributed by atoms with E-state index in [-0.39, 0.29) is 0 Å². The SMILES string of the molecule is CS(=O)(=O)Nc1cccc(C(=O)Nc2ccc(NC(N)=O)cc2)c1. The Hall–Kier alpha value is -3.07. The van der Waals surface area contributed by atoms with Crippen LogP contribution >= 0.6 is 0 Å². The summed E-state index contributed by atoms with van der Waals surface area (Å²) in [6, 6.07) is 11.8. The average molecular weight is 348 g/mol. The number of carbonyl (C=O) groups is 2. The molecule has 0 heterocycles. The van der Waals surface area contributed by atoms with Crippen LogP contribution in [-0.2, 0) is 10.0 Å². The van der Waals surface area contributed by atoms with Gasteiger partial charge in [-0.1, -0.05) is 6.07 Å². The Balaban J connectivity index is 2.09. The van der Waals surface area contributed by atoms with Crippen LogP contribution in [0.3, 0.4) is 0 Å². The normalized spacial score (nSPS) is 10.7. The number of anilines is 3. The number of benzene rings is 2. The molecular formula is C15H16N4O4S. The highest BCUT2D eigenvalue weighted by Gasteiger charge is 2.09. The Morgan fingerprint density at radius 1 is 0.917 bits per heavy atom. The summed E-state index contributed by atoms with van der Waals surface area (Å²) in [7, 11) is -3.42. The van der Waals surface area contributed by atoms with Gasteiger partial charge in [-0.2, -0.15) is 0 Å². The summed E-state index contributed by atoms with van der Waals surface area (Å²) in [6.45, 7) is 0. The van der Waals surface area contributed by atoms with E-state index < -0.39 is 22.0 Å². The molecule has 2 rings (SSSR count). The Labute approximate surface area is 139 Å². The van der Waals surface area contributed by atoms with Crippen molar-refractivity contribution in [1.29, 1.82) is 0 Å². The van der Waals surface area contributed by atoms with Crippen LogP contribution in [0.15, 0.2) is 48.5 Å². The van der Waals surface area contributed by atoms with Gasteiger partial charge in [0.1, 0.15) is 0 Å². The number of urea groups is 1. The second kappa shape index (κ2) is 7.01. The number of nitrogens with two attached hydrogens (primary N) is 1. The first-order valence-electron chi connectivity index (χ1n) is 6.79. The van der Waals surface area contributed by atoms with Crippen LogP contribution in [0.25, 0.3) is 0 Å². The maximum Gasteiger partial charge on any atom is 0.316 e. The zero-order valence-corrected chi connectivity index (χ0v) is 13.6. The number of nitrogens with one attached hydrogen (secondary N) is 3. The van der Waals surface area contributed by atoms with Gasteiger partial charge in [0, 0.05) is 22.6 Å². The number of amides is 3. The Morgan fingerprint density at radius 3 is 2.04 bits per heavy atom. The van der Waals surface area contributed by atoms with Gasteiger partial charge in [-0.25, -0.2) is 13.2 Å². The van der Waals surface area contributed by atoms with Crippen LogP contribution in [0.2, 0.25) is 0 Å². The van der Waals surface area contributed by atoms with Gasteiger partial charge in [-0.05, 0) is 42.5 Å². The fourth-order valence-corrected chi connectivity index (χ4v) is 2.48. The lowest BCUT2D eigenvalue weighted by Gasteiger charge is -2.09. The number of primary amides is 1. The number of sulfonamides is 1. The Bertz CT molecular complexity index is 863. The molecule has 126 valence electrons. The van der Waals surface area contributed by atoms with Crippen molar-refractivity contribution in [3.05, 3.63) is 54.1 Å². The molecule has 0 saturated heterocycles. The summed E-state index contributed by atoms with van der Waals surface area (Å²) in [5, 5.41) is 5.08. The highest BCUT2D eigenvalue weighted by atomic mass is 32.2. The molecule has 0 aliphatic heterocycles. The fraction of sp³-hybridized carbons (Fsp3) is 0.0667. The first-order chi connectivity index (χ1) is 11.2. The molecule has 5 N–H and O–H groups in total. The fourth-order valence-electron chi connectivity index (χ4n) is 1.92. The third kappa shape index (κ3) is 5.29. The van der Waals surface area contributed by atoms with Crippen molar-refractivity contribution in [3.63, 3.8) is 0 Å². The summed E-state index contributed by atoms with van der Waals surface area (Å²) >= 11 is 0. The lowest BCUT2D eigenvalue weighted by molar-refractivity contribution is 0.102. The van der Waals surface area contributed by atoms with Gasteiger partial charge in [-0.3, -0.25) is 9.52 Å². The van der Waals surface area contributed by atoms with E-state index in [2.05, 4.69) is 15.4 Å². The van der Waals surface area contributed by atoms with E-state index in [9.17, 15) is 18.0 Å². The van der Waals surface area contributed by atoms with E-state index in [1.54, 1.807) is 42.5 Å². The second-order valence-corrected chi connectivity index (χ2v) is 6.72. The molecule has 0 spiro atoms. The van der Waals surface area contributed by atoms with E-state index in [1.165, 1.54) is 6.07 Å². The molecule has 0 aliphatic rings. The minimum Gasteiger partial charge on any atom is -0.351 e. The van der Waals surface area contributed by atoms with Gasteiger partial charge in [0.15, 0.2) is 0 Å². The lowest BCUT2D eigenvalue weighted by Crippen LogP contribution is -2.19. The minimum atomic E-state index is -3.42. The van der Waals surface area contributed by atoms with Crippen LogP contribution in [0.5, 0.6) is 0 Å². The predicted molar refractivity (Wildman–Crippen MR) is 92.5 cm³/mol. The molecule has 9 heteroatoms. The molecule has 8 nitrogen and oxygen atoms in total. The van der Waals surface area contributed by atoms with Crippen molar-refractivity contribution in [2.24, 2.45) is 5.73 Å². The van der Waals surface area contributed by atoms with E-state index in [4.69, 9.17) is 5.73 Å². The van der Waals surface area contributed by atoms with Crippen LogP contribution in [0, 0.1) is 0 Å². The van der Waals surface area contributed by atoms with E-state index >= 15 is 0 Å². The van der Waals surface area contributed by atoms with Crippen LogP contribution in [-0.4, -0.2) is 26.6 Å². The van der Waals surface area contributed by atoms with Gasteiger partial charge in [-0.15, -0.1) is 0 Å². The second-order valence-electron chi connectivity index (χ2n) is 4.98. The highest BCUT2D eigenvalue weighted by Crippen LogP contribution is 2.16. The molecule has 24 heavy (non-hydrogen) atoms. The average Bonchev–Trinajstić information content (AvgIpc) is 2.47. The van der Waals surface area contributed by atoms with Crippen LogP contribution in [0.4, 0.5) is 21.9 Å². The monoisotopic (exact) mass is 348 g/mol. The standard InChI is InChI=1S/C15H16N4O4S/c1-24(22,23)19-13-4-2-3-10(9-13)14(20)17-11-5-7-12(8-6-11)18-15(16)21/h2-9,19H,1H3,(H,17,20)(H3,16,18,21). The number of hydrogen-bond acceptors (Lipinski definition) is 4. The largest absolute Gasteiger partial charge is 0.351 e. The third-order valence-corrected chi connectivity index (χ3v) is 3.44. The molecule has 0 unspecified atom stereocenters.